The maximum atomic E-state index is 11.8. The van der Waals surface area contributed by atoms with Crippen molar-refractivity contribution in [2.45, 2.75) is 6.92 Å². The number of amides is 2. The van der Waals surface area contributed by atoms with Gasteiger partial charge in [0.1, 0.15) is 0 Å². The van der Waals surface area contributed by atoms with Gasteiger partial charge in [-0.25, -0.2) is 5.43 Å². The fourth-order valence-corrected chi connectivity index (χ4v) is 2.32. The second-order valence-electron chi connectivity index (χ2n) is 4.62. The fraction of sp³-hybridized carbons (Fsp3) is 0.0625. The standard InChI is InChI=1S/C16H13BrClN3O2/c1-10-13(18)6-3-7-14(10)20-15(22)16(23)21-19-9-11-4-2-5-12(17)8-11/h2-9H,1H3,(H,20,22)(H,21,23). The molecule has 0 atom stereocenters. The molecule has 0 aliphatic heterocycles. The van der Waals surface area contributed by atoms with Crippen LogP contribution in [-0.2, 0) is 9.59 Å². The Labute approximate surface area is 146 Å². The first-order valence-corrected chi connectivity index (χ1v) is 7.79. The second kappa shape index (κ2) is 7.89. The number of hydrazone groups is 1. The highest BCUT2D eigenvalue weighted by atomic mass is 79.9. The Balaban J connectivity index is 1.95. The maximum absolute atomic E-state index is 11.8. The average Bonchev–Trinajstić information content (AvgIpc) is 2.51. The van der Waals surface area contributed by atoms with E-state index in [9.17, 15) is 9.59 Å². The van der Waals surface area contributed by atoms with E-state index in [2.05, 4.69) is 31.8 Å². The summed E-state index contributed by atoms with van der Waals surface area (Å²) in [5.74, 6) is -1.68. The van der Waals surface area contributed by atoms with Crippen molar-refractivity contribution in [3.8, 4) is 0 Å². The zero-order chi connectivity index (χ0) is 16.8. The predicted molar refractivity (Wildman–Crippen MR) is 94.7 cm³/mol. The van der Waals surface area contributed by atoms with Crippen LogP contribution in [0.4, 0.5) is 5.69 Å². The summed E-state index contributed by atoms with van der Waals surface area (Å²) in [6.07, 6.45) is 1.45. The van der Waals surface area contributed by atoms with Gasteiger partial charge >= 0.3 is 11.8 Å². The number of carbonyl (C=O) groups is 2. The highest BCUT2D eigenvalue weighted by molar-refractivity contribution is 9.10. The number of rotatable bonds is 3. The van der Waals surface area contributed by atoms with Gasteiger partial charge in [-0.2, -0.15) is 5.10 Å². The van der Waals surface area contributed by atoms with Crippen LogP contribution < -0.4 is 10.7 Å². The van der Waals surface area contributed by atoms with E-state index in [0.29, 0.717) is 16.3 Å². The summed E-state index contributed by atoms with van der Waals surface area (Å²) in [5.41, 5.74) is 4.13. The number of benzene rings is 2. The normalized spacial score (nSPS) is 10.6. The molecule has 0 bridgehead atoms. The molecule has 2 aromatic carbocycles. The molecule has 5 nitrogen and oxygen atoms in total. The Morgan fingerprint density at radius 3 is 2.65 bits per heavy atom. The van der Waals surface area contributed by atoms with Gasteiger partial charge in [0.05, 0.1) is 6.21 Å². The van der Waals surface area contributed by atoms with E-state index < -0.39 is 11.8 Å². The number of hydrogen-bond acceptors (Lipinski definition) is 3. The zero-order valence-electron chi connectivity index (χ0n) is 12.1. The molecule has 0 heterocycles. The summed E-state index contributed by atoms with van der Waals surface area (Å²) < 4.78 is 0.891. The molecule has 0 saturated heterocycles. The minimum absolute atomic E-state index is 0.480. The molecule has 2 N–H and O–H groups in total. The first-order chi connectivity index (χ1) is 11.0. The molecule has 2 amide bonds. The molecule has 23 heavy (non-hydrogen) atoms. The fourth-order valence-electron chi connectivity index (χ4n) is 1.73. The van der Waals surface area contributed by atoms with E-state index in [1.165, 1.54) is 6.21 Å². The Morgan fingerprint density at radius 1 is 1.17 bits per heavy atom. The van der Waals surface area contributed by atoms with E-state index in [4.69, 9.17) is 11.6 Å². The van der Waals surface area contributed by atoms with Crippen LogP contribution in [0.1, 0.15) is 11.1 Å². The molecule has 0 saturated carbocycles. The number of carbonyl (C=O) groups excluding carboxylic acids is 2. The Kier molecular flexibility index (Phi) is 5.90. The number of halogens is 2. The molecule has 0 aliphatic carbocycles. The topological polar surface area (TPSA) is 70.6 Å². The highest BCUT2D eigenvalue weighted by Gasteiger charge is 2.14. The van der Waals surface area contributed by atoms with Gasteiger partial charge in [-0.3, -0.25) is 9.59 Å². The molecule has 2 aromatic rings. The molecule has 118 valence electrons. The van der Waals surface area contributed by atoms with Gasteiger partial charge in [0.15, 0.2) is 0 Å². The zero-order valence-corrected chi connectivity index (χ0v) is 14.5. The summed E-state index contributed by atoms with van der Waals surface area (Å²) in [4.78, 5) is 23.5. The van der Waals surface area contributed by atoms with Crippen molar-refractivity contribution in [2.24, 2.45) is 5.10 Å². The van der Waals surface area contributed by atoms with Crippen LogP contribution in [0, 0.1) is 6.92 Å². The van der Waals surface area contributed by atoms with Gasteiger partial charge in [-0.05, 0) is 42.3 Å². The Hall–Kier alpha value is -2.18. The largest absolute Gasteiger partial charge is 0.329 e. The van der Waals surface area contributed by atoms with Crippen LogP contribution in [0.15, 0.2) is 52.0 Å². The lowest BCUT2D eigenvalue weighted by Crippen LogP contribution is -2.32. The summed E-state index contributed by atoms with van der Waals surface area (Å²) in [6.45, 7) is 1.75. The molecule has 0 radical (unpaired) electrons. The van der Waals surface area contributed by atoms with Crippen LogP contribution in [0.5, 0.6) is 0 Å². The monoisotopic (exact) mass is 393 g/mol. The minimum atomic E-state index is -0.865. The summed E-state index contributed by atoms with van der Waals surface area (Å²) >= 11 is 9.29. The van der Waals surface area contributed by atoms with Crippen molar-refractivity contribution in [1.82, 2.24) is 5.43 Å². The number of hydrogen-bond donors (Lipinski definition) is 2. The maximum Gasteiger partial charge on any atom is 0.329 e. The first kappa shape index (κ1) is 17.2. The molecular weight excluding hydrogens is 382 g/mol. The highest BCUT2D eigenvalue weighted by Crippen LogP contribution is 2.22. The van der Waals surface area contributed by atoms with E-state index in [1.807, 2.05) is 24.3 Å². The van der Waals surface area contributed by atoms with Gasteiger partial charge in [0, 0.05) is 15.2 Å². The quantitative estimate of drug-likeness (QED) is 0.475. The van der Waals surface area contributed by atoms with Gasteiger partial charge in [0.25, 0.3) is 0 Å². The third-order valence-electron chi connectivity index (χ3n) is 2.95. The van der Waals surface area contributed by atoms with Crippen molar-refractivity contribution in [2.75, 3.05) is 5.32 Å². The molecule has 2 rings (SSSR count). The van der Waals surface area contributed by atoms with Gasteiger partial charge in [-0.15, -0.1) is 0 Å². The second-order valence-corrected chi connectivity index (χ2v) is 5.94. The average molecular weight is 395 g/mol. The number of nitrogens with zero attached hydrogens (tertiary/aromatic N) is 1. The van der Waals surface area contributed by atoms with Gasteiger partial charge in [0.2, 0.25) is 0 Å². The lowest BCUT2D eigenvalue weighted by atomic mass is 10.2. The van der Waals surface area contributed by atoms with E-state index in [0.717, 1.165) is 10.0 Å². The third-order valence-corrected chi connectivity index (χ3v) is 3.85. The Morgan fingerprint density at radius 2 is 1.91 bits per heavy atom. The Bertz CT molecular complexity index is 778. The summed E-state index contributed by atoms with van der Waals surface area (Å²) in [7, 11) is 0. The first-order valence-electron chi connectivity index (χ1n) is 6.62. The van der Waals surface area contributed by atoms with Gasteiger partial charge < -0.3 is 5.32 Å². The molecular formula is C16H13BrClN3O2. The van der Waals surface area contributed by atoms with Crippen molar-refractivity contribution >= 4 is 51.2 Å². The van der Waals surface area contributed by atoms with Crippen LogP contribution in [-0.4, -0.2) is 18.0 Å². The summed E-state index contributed by atoms with van der Waals surface area (Å²) in [6, 6.07) is 12.4. The smallest absolute Gasteiger partial charge is 0.317 e. The van der Waals surface area contributed by atoms with Crippen LogP contribution >= 0.6 is 27.5 Å². The van der Waals surface area contributed by atoms with Crippen molar-refractivity contribution in [3.63, 3.8) is 0 Å². The minimum Gasteiger partial charge on any atom is -0.317 e. The molecule has 7 heteroatoms. The van der Waals surface area contributed by atoms with Crippen molar-refractivity contribution in [3.05, 3.63) is 63.1 Å². The van der Waals surface area contributed by atoms with Crippen LogP contribution in [0.25, 0.3) is 0 Å². The van der Waals surface area contributed by atoms with E-state index in [1.54, 1.807) is 25.1 Å². The van der Waals surface area contributed by atoms with Gasteiger partial charge in [-0.1, -0.05) is 45.7 Å². The van der Waals surface area contributed by atoms with E-state index >= 15 is 0 Å². The van der Waals surface area contributed by atoms with E-state index in [-0.39, 0.29) is 0 Å². The molecule has 0 aromatic heterocycles. The summed E-state index contributed by atoms with van der Waals surface area (Å²) in [5, 5.41) is 6.75. The van der Waals surface area contributed by atoms with Crippen LogP contribution in [0.2, 0.25) is 5.02 Å². The van der Waals surface area contributed by atoms with Crippen molar-refractivity contribution in [1.29, 1.82) is 0 Å². The molecule has 0 unspecified atom stereocenters. The number of nitrogens with one attached hydrogen (secondary N) is 2. The SMILES string of the molecule is Cc1c(Cl)cccc1NC(=O)C(=O)NN=Cc1cccc(Br)c1. The molecule has 0 fully saturated rings. The van der Waals surface area contributed by atoms with Crippen LogP contribution in [0.3, 0.4) is 0 Å². The molecule has 0 spiro atoms. The molecule has 0 aliphatic rings. The lowest BCUT2D eigenvalue weighted by Gasteiger charge is -2.08. The van der Waals surface area contributed by atoms with Crippen molar-refractivity contribution < 1.29 is 9.59 Å². The number of anilines is 1. The third kappa shape index (κ3) is 4.91. The lowest BCUT2D eigenvalue weighted by molar-refractivity contribution is -0.136. The predicted octanol–water partition coefficient (Wildman–Crippen LogP) is 3.50.